The molecule has 0 fully saturated rings. The lowest BCUT2D eigenvalue weighted by atomic mass is 9.94. The zero-order chi connectivity index (χ0) is 18.4. The van der Waals surface area contributed by atoms with Crippen LogP contribution in [-0.4, -0.2) is 16.1 Å². The second kappa shape index (κ2) is 5.71. The van der Waals surface area contributed by atoms with Gasteiger partial charge in [-0.25, -0.2) is 9.37 Å². The number of fused-ring (bicyclic) bond motifs is 1. The number of hydrogen-bond donors (Lipinski definition) is 1. The summed E-state index contributed by atoms with van der Waals surface area (Å²) >= 11 is 0. The Balaban J connectivity index is 2.40. The number of oxazole rings is 1. The first-order valence-corrected chi connectivity index (χ1v) is 7.61. The molecular formula is C19H15FN2O3. The average Bonchev–Trinajstić information content (AvgIpc) is 3.02. The third-order valence-corrected chi connectivity index (χ3v) is 4.28. The number of halogens is 1. The third kappa shape index (κ3) is 2.45. The summed E-state index contributed by atoms with van der Waals surface area (Å²) in [6, 6.07) is 10.8. The largest absolute Gasteiger partial charge is 0.480 e. The summed E-state index contributed by atoms with van der Waals surface area (Å²) in [5, 5.41) is 18.9. The van der Waals surface area contributed by atoms with Crippen LogP contribution in [0.25, 0.3) is 22.2 Å². The van der Waals surface area contributed by atoms with Crippen LogP contribution in [0.15, 0.2) is 34.7 Å². The molecule has 0 saturated heterocycles. The molecule has 1 N–H and O–H groups in total. The molecule has 0 unspecified atom stereocenters. The van der Waals surface area contributed by atoms with Crippen LogP contribution in [0.1, 0.15) is 30.9 Å². The first-order chi connectivity index (χ1) is 11.8. The number of hydrogen-bond acceptors (Lipinski definition) is 4. The Bertz CT molecular complexity index is 1030. The van der Waals surface area contributed by atoms with E-state index in [4.69, 9.17) is 4.42 Å². The number of rotatable bonds is 3. The number of aliphatic carboxylic acids is 1. The predicted molar refractivity (Wildman–Crippen MR) is 89.5 cm³/mol. The number of aromatic nitrogens is 1. The summed E-state index contributed by atoms with van der Waals surface area (Å²) in [6.45, 7) is 4.46. The number of nitriles is 1. The number of carboxylic acids is 1. The smallest absolute Gasteiger partial charge is 0.318 e. The van der Waals surface area contributed by atoms with E-state index in [1.165, 1.54) is 13.8 Å². The second-order valence-electron chi connectivity index (χ2n) is 6.29. The molecule has 0 bridgehead atoms. The zero-order valence-electron chi connectivity index (χ0n) is 13.9. The number of nitrogens with zero attached hydrogens (tertiary/aromatic N) is 2. The fourth-order valence-electron chi connectivity index (χ4n) is 2.66. The van der Waals surface area contributed by atoms with Gasteiger partial charge in [-0.05, 0) is 31.9 Å². The van der Waals surface area contributed by atoms with E-state index in [0.717, 1.165) is 0 Å². The number of carbonyl (C=O) groups is 1. The van der Waals surface area contributed by atoms with Gasteiger partial charge in [-0.1, -0.05) is 30.3 Å². The van der Waals surface area contributed by atoms with Gasteiger partial charge in [0, 0.05) is 5.56 Å². The summed E-state index contributed by atoms with van der Waals surface area (Å²) < 4.78 is 20.6. The topological polar surface area (TPSA) is 87.1 Å². The van der Waals surface area contributed by atoms with E-state index in [1.54, 1.807) is 31.2 Å². The highest BCUT2D eigenvalue weighted by Gasteiger charge is 2.36. The van der Waals surface area contributed by atoms with Crippen LogP contribution in [0, 0.1) is 24.1 Å². The maximum Gasteiger partial charge on any atom is 0.318 e. The Morgan fingerprint density at radius 1 is 1.32 bits per heavy atom. The van der Waals surface area contributed by atoms with E-state index in [-0.39, 0.29) is 28.1 Å². The van der Waals surface area contributed by atoms with Gasteiger partial charge in [0.1, 0.15) is 17.0 Å². The van der Waals surface area contributed by atoms with Crippen molar-refractivity contribution in [1.82, 2.24) is 4.98 Å². The van der Waals surface area contributed by atoms with Crippen molar-refractivity contribution in [3.63, 3.8) is 0 Å². The molecule has 25 heavy (non-hydrogen) atoms. The summed E-state index contributed by atoms with van der Waals surface area (Å²) in [5.41, 5.74) is -0.143. The molecule has 0 aliphatic carbocycles. The normalized spacial score (nSPS) is 11.5. The SMILES string of the molecule is Cc1c(-c2ccccc2)c(F)c2oc(C(C)(C)C(=O)O)nc2c1C#N. The van der Waals surface area contributed by atoms with Crippen LogP contribution >= 0.6 is 0 Å². The predicted octanol–water partition coefficient (Wildman–Crippen LogP) is 4.18. The minimum Gasteiger partial charge on any atom is -0.480 e. The Kier molecular flexibility index (Phi) is 3.80. The Morgan fingerprint density at radius 3 is 2.52 bits per heavy atom. The molecule has 0 aliphatic rings. The van der Waals surface area contributed by atoms with Gasteiger partial charge >= 0.3 is 5.97 Å². The van der Waals surface area contributed by atoms with Gasteiger partial charge < -0.3 is 9.52 Å². The highest BCUT2D eigenvalue weighted by atomic mass is 19.1. The summed E-state index contributed by atoms with van der Waals surface area (Å²) in [5.74, 6) is -1.95. The van der Waals surface area contributed by atoms with Gasteiger partial charge in [0.15, 0.2) is 11.4 Å². The number of benzene rings is 2. The zero-order valence-corrected chi connectivity index (χ0v) is 13.9. The highest BCUT2D eigenvalue weighted by molar-refractivity contribution is 5.90. The van der Waals surface area contributed by atoms with Crippen molar-refractivity contribution in [2.24, 2.45) is 0 Å². The van der Waals surface area contributed by atoms with E-state index < -0.39 is 17.2 Å². The molecule has 0 amide bonds. The van der Waals surface area contributed by atoms with Gasteiger partial charge in [-0.2, -0.15) is 5.26 Å². The van der Waals surface area contributed by atoms with Crippen molar-refractivity contribution in [2.75, 3.05) is 0 Å². The van der Waals surface area contributed by atoms with Gasteiger partial charge in [0.2, 0.25) is 5.89 Å². The first-order valence-electron chi connectivity index (χ1n) is 7.61. The molecule has 0 radical (unpaired) electrons. The van der Waals surface area contributed by atoms with E-state index in [2.05, 4.69) is 4.98 Å². The molecule has 0 aliphatic heterocycles. The monoisotopic (exact) mass is 338 g/mol. The van der Waals surface area contributed by atoms with Gasteiger partial charge in [0.25, 0.3) is 0 Å². The van der Waals surface area contributed by atoms with Crippen LogP contribution in [0.2, 0.25) is 0 Å². The summed E-state index contributed by atoms with van der Waals surface area (Å²) in [6.07, 6.45) is 0. The molecule has 3 aromatic rings. The second-order valence-corrected chi connectivity index (χ2v) is 6.29. The summed E-state index contributed by atoms with van der Waals surface area (Å²) in [4.78, 5) is 15.6. The van der Waals surface area contributed by atoms with Crippen LogP contribution < -0.4 is 0 Å². The minimum absolute atomic E-state index is 0.0431. The van der Waals surface area contributed by atoms with Crippen LogP contribution in [0.3, 0.4) is 0 Å². The van der Waals surface area contributed by atoms with Crippen molar-refractivity contribution in [2.45, 2.75) is 26.2 Å². The lowest BCUT2D eigenvalue weighted by Crippen LogP contribution is -2.28. The van der Waals surface area contributed by atoms with E-state index in [9.17, 15) is 15.2 Å². The lowest BCUT2D eigenvalue weighted by molar-refractivity contribution is -0.143. The van der Waals surface area contributed by atoms with Crippen LogP contribution in [0.4, 0.5) is 4.39 Å². The molecule has 1 heterocycles. The first kappa shape index (κ1) is 16.7. The Labute approximate surface area is 143 Å². The lowest BCUT2D eigenvalue weighted by Gasteiger charge is -2.13. The maximum atomic E-state index is 15.1. The Morgan fingerprint density at radius 2 is 1.96 bits per heavy atom. The highest BCUT2D eigenvalue weighted by Crippen LogP contribution is 2.37. The van der Waals surface area contributed by atoms with Crippen LogP contribution in [0.5, 0.6) is 0 Å². The molecule has 1 aromatic heterocycles. The molecular weight excluding hydrogens is 323 g/mol. The van der Waals surface area contributed by atoms with Crippen LogP contribution in [-0.2, 0) is 10.2 Å². The van der Waals surface area contributed by atoms with E-state index in [0.29, 0.717) is 11.1 Å². The van der Waals surface area contributed by atoms with Crippen molar-refractivity contribution in [3.05, 3.63) is 53.2 Å². The van der Waals surface area contributed by atoms with Gasteiger partial charge in [-0.3, -0.25) is 4.79 Å². The average molecular weight is 338 g/mol. The fraction of sp³-hybridized carbons (Fsp3) is 0.211. The summed E-state index contributed by atoms with van der Waals surface area (Å²) in [7, 11) is 0. The van der Waals surface area contributed by atoms with Crippen molar-refractivity contribution >= 4 is 17.1 Å². The van der Waals surface area contributed by atoms with Crippen molar-refractivity contribution in [1.29, 1.82) is 5.26 Å². The quantitative estimate of drug-likeness (QED) is 0.774. The molecule has 2 aromatic carbocycles. The third-order valence-electron chi connectivity index (χ3n) is 4.28. The molecule has 0 atom stereocenters. The molecule has 3 rings (SSSR count). The molecule has 6 heteroatoms. The standard InChI is InChI=1S/C19H15FN2O3/c1-10-12(9-21)15-16(25-17(22-15)19(2,3)18(23)24)14(20)13(10)11-7-5-4-6-8-11/h4-8H,1-3H3,(H,23,24). The van der Waals surface area contributed by atoms with Gasteiger partial charge in [-0.15, -0.1) is 0 Å². The minimum atomic E-state index is -1.45. The molecule has 0 saturated carbocycles. The maximum absolute atomic E-state index is 15.1. The Hall–Kier alpha value is -3.20. The molecule has 0 spiro atoms. The van der Waals surface area contributed by atoms with E-state index in [1.807, 2.05) is 12.1 Å². The van der Waals surface area contributed by atoms with Crippen molar-refractivity contribution < 1.29 is 18.7 Å². The molecule has 126 valence electrons. The molecule has 5 nitrogen and oxygen atoms in total. The van der Waals surface area contributed by atoms with Gasteiger partial charge in [0.05, 0.1) is 5.56 Å². The van der Waals surface area contributed by atoms with E-state index >= 15 is 4.39 Å². The fourth-order valence-corrected chi connectivity index (χ4v) is 2.66. The number of carboxylic acid groups (broad SMARTS) is 1. The van der Waals surface area contributed by atoms with Crippen molar-refractivity contribution in [3.8, 4) is 17.2 Å².